The molecule has 0 aromatic carbocycles. The van der Waals surface area contributed by atoms with Gasteiger partial charge in [-0.2, -0.15) is 0 Å². The van der Waals surface area contributed by atoms with Crippen LogP contribution in [0.5, 0.6) is 0 Å². The number of hydrogen-bond donors (Lipinski definition) is 2. The Bertz CT molecular complexity index is 286. The molecule has 1 aliphatic rings. The van der Waals surface area contributed by atoms with Crippen LogP contribution in [-0.4, -0.2) is 41.1 Å². The Morgan fingerprint density at radius 1 is 1.28 bits per heavy atom. The van der Waals surface area contributed by atoms with Crippen LogP contribution in [-0.2, 0) is 4.79 Å². The highest BCUT2D eigenvalue weighted by Gasteiger charge is 2.22. The zero-order chi connectivity index (χ0) is 13.5. The van der Waals surface area contributed by atoms with Gasteiger partial charge >= 0.3 is 12.0 Å². The van der Waals surface area contributed by atoms with Crippen molar-refractivity contribution in [3.8, 4) is 0 Å². The molecular weight excluding hydrogens is 232 g/mol. The third-order valence-electron chi connectivity index (χ3n) is 3.45. The van der Waals surface area contributed by atoms with Crippen molar-refractivity contribution >= 4 is 12.0 Å². The molecule has 0 spiro atoms. The molecule has 18 heavy (non-hydrogen) atoms. The quantitative estimate of drug-likeness (QED) is 0.791. The van der Waals surface area contributed by atoms with Gasteiger partial charge in [0, 0.05) is 12.6 Å². The van der Waals surface area contributed by atoms with E-state index in [-0.39, 0.29) is 18.6 Å². The van der Waals surface area contributed by atoms with Crippen molar-refractivity contribution in [2.24, 2.45) is 5.92 Å². The molecule has 1 saturated carbocycles. The number of hydrogen-bond acceptors (Lipinski definition) is 2. The number of aliphatic carboxylic acids is 1. The summed E-state index contributed by atoms with van der Waals surface area (Å²) in [5, 5.41) is 11.7. The first-order valence-corrected chi connectivity index (χ1v) is 6.80. The standard InChI is InChI=1S/C13H24N2O3/c1-3-8-15(9-12(16)17)13(18)14-11-6-4-10(2)5-7-11/h10-11H,3-9H2,1-2H3,(H,14,18)(H,16,17). The molecule has 0 aromatic rings. The van der Waals surface area contributed by atoms with Gasteiger partial charge < -0.3 is 15.3 Å². The van der Waals surface area contributed by atoms with Crippen LogP contribution in [0.1, 0.15) is 46.0 Å². The van der Waals surface area contributed by atoms with Gasteiger partial charge in [0.25, 0.3) is 0 Å². The Hall–Kier alpha value is -1.26. The van der Waals surface area contributed by atoms with Crippen LogP contribution in [0.4, 0.5) is 4.79 Å². The first-order chi connectivity index (χ1) is 8.52. The van der Waals surface area contributed by atoms with E-state index in [0.717, 1.165) is 38.0 Å². The average molecular weight is 256 g/mol. The monoisotopic (exact) mass is 256 g/mol. The van der Waals surface area contributed by atoms with Crippen LogP contribution in [0.3, 0.4) is 0 Å². The number of carboxylic acid groups (broad SMARTS) is 1. The van der Waals surface area contributed by atoms with E-state index < -0.39 is 5.97 Å². The average Bonchev–Trinajstić information content (AvgIpc) is 2.31. The fraction of sp³-hybridized carbons (Fsp3) is 0.846. The van der Waals surface area contributed by atoms with Crippen molar-refractivity contribution in [1.29, 1.82) is 0 Å². The second-order valence-corrected chi connectivity index (χ2v) is 5.22. The van der Waals surface area contributed by atoms with E-state index in [1.807, 2.05) is 6.92 Å². The molecule has 0 aromatic heterocycles. The van der Waals surface area contributed by atoms with Crippen molar-refractivity contribution in [1.82, 2.24) is 10.2 Å². The topological polar surface area (TPSA) is 69.6 Å². The van der Waals surface area contributed by atoms with Crippen molar-refractivity contribution in [3.05, 3.63) is 0 Å². The van der Waals surface area contributed by atoms with Crippen LogP contribution >= 0.6 is 0 Å². The third-order valence-corrected chi connectivity index (χ3v) is 3.45. The highest BCUT2D eigenvalue weighted by atomic mass is 16.4. The molecule has 0 aliphatic heterocycles. The first kappa shape index (κ1) is 14.8. The number of nitrogens with zero attached hydrogens (tertiary/aromatic N) is 1. The summed E-state index contributed by atoms with van der Waals surface area (Å²) in [5.74, 6) is -0.222. The molecule has 104 valence electrons. The third kappa shape index (κ3) is 4.94. The van der Waals surface area contributed by atoms with E-state index in [4.69, 9.17) is 5.11 Å². The summed E-state index contributed by atoms with van der Waals surface area (Å²) in [5.41, 5.74) is 0. The van der Waals surface area contributed by atoms with Crippen molar-refractivity contribution in [3.63, 3.8) is 0 Å². The highest BCUT2D eigenvalue weighted by molar-refractivity contribution is 5.80. The number of carbonyl (C=O) groups excluding carboxylic acids is 1. The Labute approximate surface area is 109 Å². The summed E-state index contributed by atoms with van der Waals surface area (Å²) in [4.78, 5) is 24.0. The van der Waals surface area contributed by atoms with E-state index >= 15 is 0 Å². The van der Waals surface area contributed by atoms with Crippen molar-refractivity contribution < 1.29 is 14.7 Å². The fourth-order valence-corrected chi connectivity index (χ4v) is 2.36. The van der Waals surface area contributed by atoms with Gasteiger partial charge in [0.15, 0.2) is 0 Å². The second kappa shape index (κ2) is 7.24. The lowest BCUT2D eigenvalue weighted by atomic mass is 9.87. The Balaban J connectivity index is 2.42. The SMILES string of the molecule is CCCN(CC(=O)O)C(=O)NC1CCC(C)CC1. The van der Waals surface area contributed by atoms with Crippen LogP contribution in [0.15, 0.2) is 0 Å². The lowest BCUT2D eigenvalue weighted by molar-refractivity contribution is -0.137. The predicted octanol–water partition coefficient (Wildman–Crippen LogP) is 2.07. The lowest BCUT2D eigenvalue weighted by Gasteiger charge is -2.29. The summed E-state index contributed by atoms with van der Waals surface area (Å²) >= 11 is 0. The van der Waals surface area contributed by atoms with Crippen LogP contribution in [0, 0.1) is 5.92 Å². The molecule has 0 radical (unpaired) electrons. The summed E-state index contributed by atoms with van der Waals surface area (Å²) in [7, 11) is 0. The maximum atomic E-state index is 12.0. The van der Waals surface area contributed by atoms with Gasteiger partial charge in [-0.05, 0) is 38.0 Å². The molecule has 1 fully saturated rings. The number of amides is 2. The Morgan fingerprint density at radius 2 is 1.89 bits per heavy atom. The normalized spacial score (nSPS) is 23.4. The maximum Gasteiger partial charge on any atom is 0.323 e. The molecule has 2 amide bonds. The summed E-state index contributed by atoms with van der Waals surface area (Å²) in [6.07, 6.45) is 5.04. The first-order valence-electron chi connectivity index (χ1n) is 6.80. The molecule has 0 heterocycles. The zero-order valence-corrected chi connectivity index (χ0v) is 11.3. The molecule has 0 saturated heterocycles. The molecule has 0 bridgehead atoms. The van der Waals surface area contributed by atoms with Gasteiger partial charge in [0.05, 0.1) is 0 Å². The van der Waals surface area contributed by atoms with Gasteiger partial charge in [-0.1, -0.05) is 13.8 Å². The van der Waals surface area contributed by atoms with Gasteiger partial charge in [0.2, 0.25) is 0 Å². The van der Waals surface area contributed by atoms with E-state index in [9.17, 15) is 9.59 Å². The summed E-state index contributed by atoms with van der Waals surface area (Å²) in [6.45, 7) is 4.43. The number of rotatable bonds is 5. The molecule has 2 N–H and O–H groups in total. The fourth-order valence-electron chi connectivity index (χ4n) is 2.36. The molecule has 5 heteroatoms. The number of urea groups is 1. The van der Waals surface area contributed by atoms with Gasteiger partial charge in [0.1, 0.15) is 6.54 Å². The van der Waals surface area contributed by atoms with Crippen molar-refractivity contribution in [2.45, 2.75) is 52.0 Å². The van der Waals surface area contributed by atoms with Crippen LogP contribution < -0.4 is 5.32 Å². The van der Waals surface area contributed by atoms with E-state index in [0.29, 0.717) is 6.54 Å². The molecule has 1 rings (SSSR count). The maximum absolute atomic E-state index is 12.0. The summed E-state index contributed by atoms with van der Waals surface area (Å²) in [6, 6.07) is -0.0272. The van der Waals surface area contributed by atoms with Crippen LogP contribution in [0.25, 0.3) is 0 Å². The Kier molecular flexibility index (Phi) is 5.95. The molecule has 0 atom stereocenters. The Morgan fingerprint density at radius 3 is 2.39 bits per heavy atom. The number of nitrogens with one attached hydrogen (secondary N) is 1. The van der Waals surface area contributed by atoms with E-state index in [2.05, 4.69) is 12.2 Å². The smallest absolute Gasteiger partial charge is 0.323 e. The molecule has 0 unspecified atom stereocenters. The molecular formula is C13H24N2O3. The minimum atomic E-state index is -0.962. The minimum Gasteiger partial charge on any atom is -0.480 e. The van der Waals surface area contributed by atoms with Crippen LogP contribution in [0.2, 0.25) is 0 Å². The number of carbonyl (C=O) groups is 2. The minimum absolute atomic E-state index is 0.210. The van der Waals surface area contributed by atoms with E-state index in [1.165, 1.54) is 4.90 Å². The second-order valence-electron chi connectivity index (χ2n) is 5.22. The number of carboxylic acids is 1. The van der Waals surface area contributed by atoms with Crippen molar-refractivity contribution in [2.75, 3.05) is 13.1 Å². The lowest BCUT2D eigenvalue weighted by Crippen LogP contribution is -2.47. The van der Waals surface area contributed by atoms with Gasteiger partial charge in [-0.3, -0.25) is 4.79 Å². The van der Waals surface area contributed by atoms with Gasteiger partial charge in [-0.15, -0.1) is 0 Å². The van der Waals surface area contributed by atoms with Gasteiger partial charge in [-0.25, -0.2) is 4.79 Å². The predicted molar refractivity (Wildman–Crippen MR) is 69.5 cm³/mol. The highest BCUT2D eigenvalue weighted by Crippen LogP contribution is 2.23. The largest absolute Gasteiger partial charge is 0.480 e. The summed E-state index contributed by atoms with van der Waals surface area (Å²) < 4.78 is 0. The molecule has 1 aliphatic carbocycles. The van der Waals surface area contributed by atoms with E-state index in [1.54, 1.807) is 0 Å². The zero-order valence-electron chi connectivity index (χ0n) is 11.3. The molecule has 5 nitrogen and oxygen atoms in total.